The fourth-order valence-electron chi connectivity index (χ4n) is 2.76. The van der Waals surface area contributed by atoms with Crippen molar-refractivity contribution in [2.45, 2.75) is 38.0 Å². The molecule has 0 unspecified atom stereocenters. The zero-order valence-electron chi connectivity index (χ0n) is 12.1. The maximum atomic E-state index is 12.3. The monoisotopic (exact) mass is 296 g/mol. The van der Waals surface area contributed by atoms with E-state index in [4.69, 9.17) is 5.73 Å². The van der Waals surface area contributed by atoms with E-state index in [-0.39, 0.29) is 5.75 Å². The highest BCUT2D eigenvalue weighted by Crippen LogP contribution is 2.26. The fourth-order valence-corrected chi connectivity index (χ4v) is 4.03. The molecule has 1 aliphatic rings. The number of nitrogens with two attached hydrogens (primary N) is 1. The van der Waals surface area contributed by atoms with E-state index in [0.29, 0.717) is 19.0 Å². The molecule has 0 aromatic heterocycles. The van der Waals surface area contributed by atoms with Gasteiger partial charge < -0.3 is 5.73 Å². The maximum Gasteiger partial charge on any atom is 0.218 e. The third-order valence-corrected chi connectivity index (χ3v) is 5.87. The second kappa shape index (κ2) is 6.70. The van der Waals surface area contributed by atoms with Crippen molar-refractivity contribution in [1.82, 2.24) is 4.31 Å². The number of nitrogens with zero attached hydrogens (tertiary/aromatic N) is 1. The second-order valence-electron chi connectivity index (χ2n) is 5.71. The summed E-state index contributed by atoms with van der Waals surface area (Å²) < 4.78 is 26.2. The first-order chi connectivity index (χ1) is 9.51. The third-order valence-electron chi connectivity index (χ3n) is 4.07. The summed E-state index contributed by atoms with van der Waals surface area (Å²) in [6, 6.07) is 7.48. The largest absolute Gasteiger partial charge is 0.326 e. The number of hydrogen-bond acceptors (Lipinski definition) is 3. The maximum absolute atomic E-state index is 12.3. The SMILES string of the molecule is CN(CC1CCCC1)S(=O)(=O)Cc1ccc(CN)cc1. The molecule has 20 heavy (non-hydrogen) atoms. The highest BCUT2D eigenvalue weighted by Gasteiger charge is 2.24. The molecule has 0 spiro atoms. The van der Waals surface area contributed by atoms with E-state index >= 15 is 0 Å². The van der Waals surface area contributed by atoms with Gasteiger partial charge in [0.1, 0.15) is 0 Å². The van der Waals surface area contributed by atoms with Crippen molar-refractivity contribution in [3.63, 3.8) is 0 Å². The fraction of sp³-hybridized carbons (Fsp3) is 0.600. The Morgan fingerprint density at radius 3 is 2.25 bits per heavy atom. The molecule has 1 fully saturated rings. The van der Waals surface area contributed by atoms with Gasteiger partial charge in [0, 0.05) is 20.1 Å². The van der Waals surface area contributed by atoms with Crippen molar-refractivity contribution in [2.24, 2.45) is 11.7 Å². The Balaban J connectivity index is 1.97. The molecule has 0 heterocycles. The molecule has 1 saturated carbocycles. The van der Waals surface area contributed by atoms with Gasteiger partial charge in [0.05, 0.1) is 5.75 Å². The van der Waals surface area contributed by atoms with E-state index in [1.54, 1.807) is 7.05 Å². The van der Waals surface area contributed by atoms with Crippen LogP contribution in [0.1, 0.15) is 36.8 Å². The molecule has 5 heteroatoms. The summed E-state index contributed by atoms with van der Waals surface area (Å²) in [5.74, 6) is 0.607. The van der Waals surface area contributed by atoms with Crippen LogP contribution in [0.5, 0.6) is 0 Å². The number of hydrogen-bond donors (Lipinski definition) is 1. The highest BCUT2D eigenvalue weighted by molar-refractivity contribution is 7.88. The predicted molar refractivity (Wildman–Crippen MR) is 81.5 cm³/mol. The molecule has 1 aromatic rings. The smallest absolute Gasteiger partial charge is 0.218 e. The molecule has 0 atom stereocenters. The van der Waals surface area contributed by atoms with Crippen LogP contribution in [0.2, 0.25) is 0 Å². The van der Waals surface area contributed by atoms with Gasteiger partial charge in [-0.25, -0.2) is 12.7 Å². The Kier molecular flexibility index (Phi) is 5.18. The van der Waals surface area contributed by atoms with Crippen molar-refractivity contribution in [3.05, 3.63) is 35.4 Å². The van der Waals surface area contributed by atoms with Crippen molar-refractivity contribution in [1.29, 1.82) is 0 Å². The number of sulfonamides is 1. The van der Waals surface area contributed by atoms with Crippen LogP contribution in [0.4, 0.5) is 0 Å². The molecular formula is C15H24N2O2S. The predicted octanol–water partition coefficient (Wildman–Crippen LogP) is 2.10. The highest BCUT2D eigenvalue weighted by atomic mass is 32.2. The van der Waals surface area contributed by atoms with Crippen LogP contribution in [0, 0.1) is 5.92 Å². The van der Waals surface area contributed by atoms with Crippen LogP contribution in [0.3, 0.4) is 0 Å². The first-order valence-corrected chi connectivity index (χ1v) is 8.84. The Bertz CT molecular complexity index is 519. The van der Waals surface area contributed by atoms with Gasteiger partial charge in [0.2, 0.25) is 10.0 Å². The van der Waals surface area contributed by atoms with Crippen LogP contribution in [0.15, 0.2) is 24.3 Å². The molecule has 2 rings (SSSR count). The molecule has 0 amide bonds. The minimum Gasteiger partial charge on any atom is -0.326 e. The lowest BCUT2D eigenvalue weighted by Crippen LogP contribution is -2.32. The molecule has 0 radical (unpaired) electrons. The average molecular weight is 296 g/mol. The lowest BCUT2D eigenvalue weighted by molar-refractivity contribution is 0.387. The summed E-state index contributed by atoms with van der Waals surface area (Å²) in [5, 5.41) is 0. The quantitative estimate of drug-likeness (QED) is 0.874. The molecule has 0 bridgehead atoms. The summed E-state index contributed by atoms with van der Waals surface area (Å²) in [7, 11) is -1.52. The van der Waals surface area contributed by atoms with Crippen LogP contribution in [-0.4, -0.2) is 26.3 Å². The zero-order chi connectivity index (χ0) is 14.6. The van der Waals surface area contributed by atoms with Gasteiger partial charge in [-0.3, -0.25) is 0 Å². The molecule has 112 valence electrons. The van der Waals surface area contributed by atoms with Gasteiger partial charge in [-0.15, -0.1) is 0 Å². The minimum absolute atomic E-state index is 0.0705. The summed E-state index contributed by atoms with van der Waals surface area (Å²) in [4.78, 5) is 0. The first kappa shape index (κ1) is 15.5. The Morgan fingerprint density at radius 1 is 1.15 bits per heavy atom. The van der Waals surface area contributed by atoms with E-state index in [1.165, 1.54) is 17.1 Å². The molecule has 2 N–H and O–H groups in total. The van der Waals surface area contributed by atoms with E-state index < -0.39 is 10.0 Å². The average Bonchev–Trinajstić information content (AvgIpc) is 2.92. The van der Waals surface area contributed by atoms with E-state index in [0.717, 1.165) is 24.0 Å². The molecule has 0 saturated heterocycles. The standard InChI is InChI=1S/C15H24N2O2S/c1-17(11-14-4-2-3-5-14)20(18,19)12-15-8-6-13(10-16)7-9-15/h6-9,14H,2-5,10-12,16H2,1H3. The Hall–Kier alpha value is -0.910. The van der Waals surface area contributed by atoms with Crippen LogP contribution < -0.4 is 5.73 Å². The van der Waals surface area contributed by atoms with E-state index in [1.807, 2.05) is 24.3 Å². The number of benzene rings is 1. The van der Waals surface area contributed by atoms with Gasteiger partial charge in [-0.2, -0.15) is 0 Å². The van der Waals surface area contributed by atoms with Crippen molar-refractivity contribution < 1.29 is 8.42 Å². The van der Waals surface area contributed by atoms with Crippen LogP contribution >= 0.6 is 0 Å². The van der Waals surface area contributed by atoms with Crippen LogP contribution in [-0.2, 0) is 22.3 Å². The van der Waals surface area contributed by atoms with Gasteiger partial charge in [0.25, 0.3) is 0 Å². The summed E-state index contributed by atoms with van der Waals surface area (Å²) >= 11 is 0. The lowest BCUT2D eigenvalue weighted by atomic mass is 10.1. The third kappa shape index (κ3) is 4.04. The Labute approximate surface area is 122 Å². The molecule has 1 aliphatic carbocycles. The van der Waals surface area contributed by atoms with Crippen LogP contribution in [0.25, 0.3) is 0 Å². The van der Waals surface area contributed by atoms with Gasteiger partial charge in [0.15, 0.2) is 0 Å². The van der Waals surface area contributed by atoms with Crippen molar-refractivity contribution in [2.75, 3.05) is 13.6 Å². The summed E-state index contributed by atoms with van der Waals surface area (Å²) in [6.45, 7) is 1.14. The number of rotatable bonds is 6. The van der Waals surface area contributed by atoms with Gasteiger partial charge >= 0.3 is 0 Å². The lowest BCUT2D eigenvalue weighted by Gasteiger charge is -2.20. The van der Waals surface area contributed by atoms with Crippen molar-refractivity contribution in [3.8, 4) is 0 Å². The van der Waals surface area contributed by atoms with Gasteiger partial charge in [-0.1, -0.05) is 37.1 Å². The van der Waals surface area contributed by atoms with E-state index in [9.17, 15) is 8.42 Å². The molecular weight excluding hydrogens is 272 g/mol. The summed E-state index contributed by atoms with van der Waals surface area (Å²) in [6.07, 6.45) is 4.79. The minimum atomic E-state index is -3.22. The first-order valence-electron chi connectivity index (χ1n) is 7.23. The summed E-state index contributed by atoms with van der Waals surface area (Å²) in [5.41, 5.74) is 7.38. The van der Waals surface area contributed by atoms with E-state index in [2.05, 4.69) is 0 Å². The normalized spacial score (nSPS) is 16.9. The molecule has 1 aromatic carbocycles. The Morgan fingerprint density at radius 2 is 1.70 bits per heavy atom. The molecule has 0 aliphatic heterocycles. The molecule has 4 nitrogen and oxygen atoms in total. The van der Waals surface area contributed by atoms with Crippen molar-refractivity contribution >= 4 is 10.0 Å². The topological polar surface area (TPSA) is 63.4 Å². The second-order valence-corrected chi connectivity index (χ2v) is 7.78. The van der Waals surface area contributed by atoms with Gasteiger partial charge in [-0.05, 0) is 29.9 Å². The zero-order valence-corrected chi connectivity index (χ0v) is 12.9.